The molecular formula is C26H33N5O3. The van der Waals surface area contributed by atoms with Crippen molar-refractivity contribution < 1.29 is 14.3 Å². The SMILES string of the molecule is C=C1CCC(N2Cc3cc(O[C@H]4CCCC[C@H]4NCc4cnn(CC)c4)ccc3C2=O)C(=O)N1. The Morgan fingerprint density at radius 2 is 2.09 bits per heavy atom. The smallest absolute Gasteiger partial charge is 0.255 e. The number of aryl methyl sites for hydroxylation is 1. The van der Waals surface area contributed by atoms with Crippen LogP contribution in [0.15, 0.2) is 42.9 Å². The van der Waals surface area contributed by atoms with Gasteiger partial charge in [-0.2, -0.15) is 5.10 Å². The minimum atomic E-state index is -0.446. The number of hydrogen-bond donors (Lipinski definition) is 2. The molecular weight excluding hydrogens is 430 g/mol. The van der Waals surface area contributed by atoms with E-state index in [0.717, 1.165) is 49.4 Å². The fourth-order valence-electron chi connectivity index (χ4n) is 5.27. The van der Waals surface area contributed by atoms with E-state index in [1.54, 1.807) is 4.90 Å². The summed E-state index contributed by atoms with van der Waals surface area (Å²) in [7, 11) is 0. The first-order chi connectivity index (χ1) is 16.5. The van der Waals surface area contributed by atoms with E-state index in [-0.39, 0.29) is 24.0 Å². The Morgan fingerprint density at radius 3 is 2.88 bits per heavy atom. The Kier molecular flexibility index (Phi) is 6.41. The molecule has 1 aliphatic carbocycles. The van der Waals surface area contributed by atoms with E-state index in [4.69, 9.17) is 4.74 Å². The predicted molar refractivity (Wildman–Crippen MR) is 128 cm³/mol. The Balaban J connectivity index is 1.24. The third-order valence-corrected chi connectivity index (χ3v) is 7.18. The summed E-state index contributed by atoms with van der Waals surface area (Å²) in [6.45, 7) is 7.99. The summed E-state index contributed by atoms with van der Waals surface area (Å²) >= 11 is 0. The van der Waals surface area contributed by atoms with Gasteiger partial charge in [-0.15, -0.1) is 0 Å². The van der Waals surface area contributed by atoms with Gasteiger partial charge in [-0.05, 0) is 62.8 Å². The number of piperidine rings is 1. The Hall–Kier alpha value is -3.13. The first-order valence-electron chi connectivity index (χ1n) is 12.4. The van der Waals surface area contributed by atoms with Gasteiger partial charge in [0.05, 0.1) is 6.20 Å². The molecule has 2 aliphatic heterocycles. The van der Waals surface area contributed by atoms with Crippen molar-refractivity contribution in [3.05, 3.63) is 59.6 Å². The van der Waals surface area contributed by atoms with Crippen molar-refractivity contribution in [1.29, 1.82) is 0 Å². The second-order valence-corrected chi connectivity index (χ2v) is 9.53. The van der Waals surface area contributed by atoms with E-state index in [2.05, 4.69) is 35.4 Å². The third-order valence-electron chi connectivity index (χ3n) is 7.18. The Bertz CT molecular complexity index is 1090. The van der Waals surface area contributed by atoms with Gasteiger partial charge < -0.3 is 20.3 Å². The van der Waals surface area contributed by atoms with Crippen LogP contribution in [-0.4, -0.2) is 44.7 Å². The molecule has 0 spiro atoms. The quantitative estimate of drug-likeness (QED) is 0.659. The zero-order chi connectivity index (χ0) is 23.7. The van der Waals surface area contributed by atoms with Crippen LogP contribution in [0.2, 0.25) is 0 Å². The fourth-order valence-corrected chi connectivity index (χ4v) is 5.27. The number of allylic oxidation sites excluding steroid dienone is 1. The number of fused-ring (bicyclic) bond motifs is 1. The maximum absolute atomic E-state index is 13.0. The van der Waals surface area contributed by atoms with E-state index >= 15 is 0 Å². The number of benzene rings is 1. The van der Waals surface area contributed by atoms with Crippen molar-refractivity contribution in [2.24, 2.45) is 0 Å². The predicted octanol–water partition coefficient (Wildman–Crippen LogP) is 3.13. The first-order valence-corrected chi connectivity index (χ1v) is 12.4. The molecule has 2 fully saturated rings. The largest absolute Gasteiger partial charge is 0.489 e. The van der Waals surface area contributed by atoms with Crippen LogP contribution in [0, 0.1) is 0 Å². The van der Waals surface area contributed by atoms with Crippen LogP contribution >= 0.6 is 0 Å². The maximum Gasteiger partial charge on any atom is 0.255 e. The highest BCUT2D eigenvalue weighted by atomic mass is 16.5. The van der Waals surface area contributed by atoms with E-state index in [1.165, 1.54) is 12.0 Å². The molecule has 8 nitrogen and oxygen atoms in total. The van der Waals surface area contributed by atoms with Gasteiger partial charge in [0.15, 0.2) is 0 Å². The molecule has 2 aromatic rings. The molecule has 5 rings (SSSR count). The third kappa shape index (κ3) is 4.59. The van der Waals surface area contributed by atoms with Crippen LogP contribution in [-0.2, 0) is 24.4 Å². The summed E-state index contributed by atoms with van der Waals surface area (Å²) < 4.78 is 8.39. The lowest BCUT2D eigenvalue weighted by Gasteiger charge is -2.32. The number of carbonyl (C=O) groups excluding carboxylic acids is 2. The van der Waals surface area contributed by atoms with E-state index in [0.29, 0.717) is 24.9 Å². The van der Waals surface area contributed by atoms with Crippen LogP contribution in [0.25, 0.3) is 0 Å². The number of rotatable bonds is 7. The second kappa shape index (κ2) is 9.62. The molecule has 3 aliphatic rings. The first kappa shape index (κ1) is 22.7. The van der Waals surface area contributed by atoms with Crippen molar-refractivity contribution in [3.63, 3.8) is 0 Å². The average Bonchev–Trinajstić information content (AvgIpc) is 3.43. The number of carbonyl (C=O) groups is 2. The van der Waals surface area contributed by atoms with Gasteiger partial charge in [0.2, 0.25) is 5.91 Å². The lowest BCUT2D eigenvalue weighted by atomic mass is 9.92. The molecule has 0 bridgehead atoms. The van der Waals surface area contributed by atoms with Gasteiger partial charge >= 0.3 is 0 Å². The number of ether oxygens (including phenoxy) is 1. The molecule has 2 N–H and O–H groups in total. The highest BCUT2D eigenvalue weighted by molar-refractivity contribution is 6.01. The minimum Gasteiger partial charge on any atom is -0.489 e. The average molecular weight is 464 g/mol. The van der Waals surface area contributed by atoms with Gasteiger partial charge in [-0.3, -0.25) is 14.3 Å². The Morgan fingerprint density at radius 1 is 1.24 bits per heavy atom. The fraction of sp³-hybridized carbons (Fsp3) is 0.500. The van der Waals surface area contributed by atoms with Gasteiger partial charge in [-0.25, -0.2) is 0 Å². The molecule has 1 aromatic carbocycles. The van der Waals surface area contributed by atoms with E-state index < -0.39 is 6.04 Å². The normalized spacial score (nSPS) is 24.8. The van der Waals surface area contributed by atoms with Crippen molar-refractivity contribution >= 4 is 11.8 Å². The molecule has 1 unspecified atom stereocenters. The van der Waals surface area contributed by atoms with Crippen LogP contribution in [0.1, 0.15) is 66.9 Å². The highest BCUT2D eigenvalue weighted by Crippen LogP contribution is 2.32. The van der Waals surface area contributed by atoms with Crippen LogP contribution in [0.5, 0.6) is 5.75 Å². The maximum atomic E-state index is 13.0. The number of nitrogens with zero attached hydrogens (tertiary/aromatic N) is 3. The van der Waals surface area contributed by atoms with Crippen LogP contribution < -0.4 is 15.4 Å². The van der Waals surface area contributed by atoms with Gasteiger partial charge in [-0.1, -0.05) is 13.0 Å². The van der Waals surface area contributed by atoms with Crippen molar-refractivity contribution in [2.75, 3.05) is 0 Å². The second-order valence-electron chi connectivity index (χ2n) is 9.53. The molecule has 3 atom stereocenters. The lowest BCUT2D eigenvalue weighted by Crippen LogP contribution is -2.49. The molecule has 0 radical (unpaired) electrons. The monoisotopic (exact) mass is 463 g/mol. The summed E-state index contributed by atoms with van der Waals surface area (Å²) in [5, 5.41) is 10.8. The molecule has 8 heteroatoms. The van der Waals surface area contributed by atoms with Crippen molar-refractivity contribution in [2.45, 2.75) is 83.3 Å². The molecule has 34 heavy (non-hydrogen) atoms. The highest BCUT2D eigenvalue weighted by Gasteiger charge is 2.38. The summed E-state index contributed by atoms with van der Waals surface area (Å²) in [6, 6.07) is 5.53. The van der Waals surface area contributed by atoms with Gasteiger partial charge in [0.1, 0.15) is 17.9 Å². The minimum absolute atomic E-state index is 0.0800. The van der Waals surface area contributed by atoms with Gasteiger partial charge in [0.25, 0.3) is 5.91 Å². The van der Waals surface area contributed by atoms with Gasteiger partial charge in [0, 0.05) is 48.7 Å². The van der Waals surface area contributed by atoms with Crippen molar-refractivity contribution in [1.82, 2.24) is 25.3 Å². The van der Waals surface area contributed by atoms with Crippen LogP contribution in [0.3, 0.4) is 0 Å². The van der Waals surface area contributed by atoms with Crippen molar-refractivity contribution in [3.8, 4) is 5.75 Å². The zero-order valence-electron chi connectivity index (χ0n) is 19.8. The Labute approximate surface area is 200 Å². The molecule has 180 valence electrons. The van der Waals surface area contributed by atoms with E-state index in [1.807, 2.05) is 29.1 Å². The standard InChI is InChI=1S/C26H33N5O3/c1-3-30-15-18(14-28-30)13-27-22-6-4-5-7-24(22)34-20-9-10-21-19(12-20)16-31(26(21)33)23-11-8-17(2)29-25(23)32/h9-10,12,14-15,22-24,27H,2-8,11,13,16H2,1H3,(H,29,32)/t22-,23?,24+/m1/s1. The summed E-state index contributed by atoms with van der Waals surface area (Å²) in [5.74, 6) is 0.556. The molecule has 2 amide bonds. The number of hydrogen-bond acceptors (Lipinski definition) is 5. The topological polar surface area (TPSA) is 88.5 Å². The molecule has 1 aromatic heterocycles. The summed E-state index contributed by atoms with van der Waals surface area (Å²) in [5.41, 5.74) is 3.48. The zero-order valence-corrected chi connectivity index (χ0v) is 19.8. The number of aromatic nitrogens is 2. The molecule has 1 saturated heterocycles. The summed E-state index contributed by atoms with van der Waals surface area (Å²) in [6.07, 6.45) is 9.80. The molecule has 1 saturated carbocycles. The lowest BCUT2D eigenvalue weighted by molar-refractivity contribution is -0.126. The van der Waals surface area contributed by atoms with E-state index in [9.17, 15) is 9.59 Å². The van der Waals surface area contributed by atoms with Crippen LogP contribution in [0.4, 0.5) is 0 Å². The summed E-state index contributed by atoms with van der Waals surface area (Å²) in [4.78, 5) is 27.1. The molecule has 3 heterocycles. The number of nitrogens with one attached hydrogen (secondary N) is 2. The number of amides is 2.